The largest absolute Gasteiger partial charge is 0.397 e. The van der Waals surface area contributed by atoms with Crippen LogP contribution in [0.1, 0.15) is 245 Å². The standard InChI is InChI=1S/C50H97NO11S/c1-3-5-7-9-11-13-15-17-19-21-22-24-25-27-29-31-33-35-37-39-44(53)43(42-60-50-48(56)49(62-63(57,58)59)47(55)45(41-52)61-50)51-46(54)40-38-36-34-32-30-28-26-23-20-18-16-14-12-10-8-6-4-2/h18,20,43-45,47-50,52-53,55-56H,3-17,19,21-42H2,1-2H3,(H,51,54)(H,57,58,59)/b20-18-. The van der Waals surface area contributed by atoms with Gasteiger partial charge in [-0.15, -0.1) is 0 Å². The van der Waals surface area contributed by atoms with Crippen molar-refractivity contribution in [1.82, 2.24) is 5.32 Å². The molecular formula is C50H97NO11S. The van der Waals surface area contributed by atoms with E-state index in [4.69, 9.17) is 9.47 Å². The molecule has 1 saturated heterocycles. The summed E-state index contributed by atoms with van der Waals surface area (Å²) in [5.74, 6) is -0.232. The smallest absolute Gasteiger partial charge is 0.394 e. The molecule has 0 radical (unpaired) electrons. The van der Waals surface area contributed by atoms with Crippen LogP contribution in [-0.2, 0) is 28.9 Å². The Labute approximate surface area is 385 Å². The molecule has 13 heteroatoms. The van der Waals surface area contributed by atoms with Crippen molar-refractivity contribution in [1.29, 1.82) is 0 Å². The van der Waals surface area contributed by atoms with Crippen LogP contribution in [0.25, 0.3) is 0 Å². The second-order valence-electron chi connectivity index (χ2n) is 18.5. The Balaban J connectivity index is 2.43. The van der Waals surface area contributed by atoms with Gasteiger partial charge in [-0.3, -0.25) is 9.35 Å². The molecule has 1 fully saturated rings. The van der Waals surface area contributed by atoms with Gasteiger partial charge in [0.25, 0.3) is 0 Å². The van der Waals surface area contributed by atoms with Crippen LogP contribution in [0.5, 0.6) is 0 Å². The molecule has 7 atom stereocenters. The van der Waals surface area contributed by atoms with Gasteiger partial charge >= 0.3 is 10.4 Å². The highest BCUT2D eigenvalue weighted by Gasteiger charge is 2.48. The van der Waals surface area contributed by atoms with Crippen molar-refractivity contribution in [3.8, 4) is 0 Å². The van der Waals surface area contributed by atoms with E-state index in [-0.39, 0.29) is 18.9 Å². The van der Waals surface area contributed by atoms with Crippen LogP contribution in [0.15, 0.2) is 12.2 Å². The zero-order chi connectivity index (χ0) is 46.2. The Morgan fingerprint density at radius 1 is 0.619 bits per heavy atom. The Hall–Kier alpha value is -1.16. The first-order valence-electron chi connectivity index (χ1n) is 26.1. The van der Waals surface area contributed by atoms with E-state index in [1.165, 1.54) is 161 Å². The Kier molecular flexibility index (Phi) is 39.0. The maximum atomic E-state index is 13.1. The van der Waals surface area contributed by atoms with E-state index in [1.54, 1.807) is 0 Å². The molecule has 374 valence electrons. The first-order valence-corrected chi connectivity index (χ1v) is 27.4. The first-order chi connectivity index (χ1) is 30.5. The van der Waals surface area contributed by atoms with E-state index in [1.807, 2.05) is 0 Å². The number of aliphatic hydroxyl groups excluding tert-OH is 4. The van der Waals surface area contributed by atoms with Crippen LogP contribution in [0.2, 0.25) is 0 Å². The second-order valence-corrected chi connectivity index (χ2v) is 19.5. The molecule has 1 amide bonds. The Morgan fingerprint density at radius 2 is 1.02 bits per heavy atom. The molecule has 1 aliphatic heterocycles. The molecule has 0 aromatic rings. The van der Waals surface area contributed by atoms with Crippen LogP contribution in [-0.4, -0.2) is 95.4 Å². The summed E-state index contributed by atoms with van der Waals surface area (Å²) in [6.45, 7) is 3.47. The number of carbonyl (C=O) groups is 1. The van der Waals surface area contributed by atoms with Crippen molar-refractivity contribution in [2.45, 2.75) is 288 Å². The number of allylic oxidation sites excluding steroid dienone is 2. The summed E-state index contributed by atoms with van der Waals surface area (Å²) >= 11 is 0. The van der Waals surface area contributed by atoms with Gasteiger partial charge in [-0.2, -0.15) is 8.42 Å². The van der Waals surface area contributed by atoms with Crippen LogP contribution in [0.3, 0.4) is 0 Å². The van der Waals surface area contributed by atoms with Crippen molar-refractivity contribution < 1.29 is 51.8 Å². The quantitative estimate of drug-likeness (QED) is 0.0193. The van der Waals surface area contributed by atoms with E-state index >= 15 is 0 Å². The van der Waals surface area contributed by atoms with Crippen LogP contribution in [0.4, 0.5) is 0 Å². The fourth-order valence-corrected chi connectivity index (χ4v) is 9.02. The monoisotopic (exact) mass is 920 g/mol. The zero-order valence-corrected chi connectivity index (χ0v) is 41.0. The number of carbonyl (C=O) groups excluding carboxylic acids is 1. The van der Waals surface area contributed by atoms with Gasteiger partial charge in [0.1, 0.15) is 24.4 Å². The lowest BCUT2D eigenvalue weighted by molar-refractivity contribution is -0.298. The number of amides is 1. The Morgan fingerprint density at radius 3 is 1.43 bits per heavy atom. The zero-order valence-electron chi connectivity index (χ0n) is 40.2. The topological polar surface area (TPSA) is 192 Å². The highest BCUT2D eigenvalue weighted by molar-refractivity contribution is 7.80. The third-order valence-corrected chi connectivity index (χ3v) is 13.0. The SMILES string of the molecule is CCCCCCCC/C=C\CCCCCCCCCC(=O)NC(COC1OC(CO)C(O)C(OS(=O)(=O)O)C1O)C(O)CCCCCCCCCCCCCCCCCCCCC. The summed E-state index contributed by atoms with van der Waals surface area (Å²) in [4.78, 5) is 13.1. The van der Waals surface area contributed by atoms with Gasteiger partial charge in [-0.05, 0) is 38.5 Å². The number of aliphatic hydroxyl groups is 4. The van der Waals surface area contributed by atoms with Gasteiger partial charge in [0.2, 0.25) is 5.91 Å². The van der Waals surface area contributed by atoms with Crippen LogP contribution < -0.4 is 5.32 Å². The van der Waals surface area contributed by atoms with E-state index in [9.17, 15) is 38.2 Å². The fraction of sp³-hybridized carbons (Fsp3) is 0.940. The fourth-order valence-electron chi connectivity index (χ4n) is 8.51. The minimum absolute atomic E-state index is 0.232. The van der Waals surface area contributed by atoms with Crippen molar-refractivity contribution in [3.05, 3.63) is 12.2 Å². The molecule has 0 spiro atoms. The normalized spacial score (nSPS) is 20.4. The average Bonchev–Trinajstić information content (AvgIpc) is 3.25. The molecule has 7 unspecified atom stereocenters. The molecule has 12 nitrogen and oxygen atoms in total. The molecule has 63 heavy (non-hydrogen) atoms. The maximum absolute atomic E-state index is 13.1. The molecule has 0 bridgehead atoms. The first kappa shape index (κ1) is 59.9. The van der Waals surface area contributed by atoms with Gasteiger partial charge in [-0.1, -0.05) is 212 Å². The van der Waals surface area contributed by atoms with E-state index in [2.05, 4.69) is 35.5 Å². The number of hydrogen-bond donors (Lipinski definition) is 6. The maximum Gasteiger partial charge on any atom is 0.397 e. The van der Waals surface area contributed by atoms with E-state index in [0.717, 1.165) is 51.4 Å². The minimum Gasteiger partial charge on any atom is -0.394 e. The Bertz CT molecular complexity index is 1180. The highest BCUT2D eigenvalue weighted by atomic mass is 32.3. The minimum atomic E-state index is -5.08. The molecule has 6 N–H and O–H groups in total. The van der Waals surface area contributed by atoms with E-state index < -0.39 is 59.9 Å². The predicted molar refractivity (Wildman–Crippen MR) is 255 cm³/mol. The van der Waals surface area contributed by atoms with Crippen LogP contribution in [0, 0.1) is 0 Å². The molecule has 1 rings (SSSR count). The van der Waals surface area contributed by atoms with Crippen molar-refractivity contribution in [2.24, 2.45) is 0 Å². The summed E-state index contributed by atoms with van der Waals surface area (Å²) in [6, 6.07) is -0.857. The highest BCUT2D eigenvalue weighted by Crippen LogP contribution is 2.26. The summed E-state index contributed by atoms with van der Waals surface area (Å²) < 4.78 is 47.8. The molecular weight excluding hydrogens is 823 g/mol. The predicted octanol–water partition coefficient (Wildman–Crippen LogP) is 11.1. The number of ether oxygens (including phenoxy) is 2. The van der Waals surface area contributed by atoms with Gasteiger partial charge in [0, 0.05) is 6.42 Å². The lowest BCUT2D eigenvalue weighted by atomic mass is 9.99. The summed E-state index contributed by atoms with van der Waals surface area (Å²) in [5, 5.41) is 45.0. The van der Waals surface area contributed by atoms with Crippen molar-refractivity contribution >= 4 is 16.3 Å². The lowest BCUT2D eigenvalue weighted by Crippen LogP contribution is -2.61. The van der Waals surface area contributed by atoms with Gasteiger partial charge < -0.3 is 35.2 Å². The summed E-state index contributed by atoms with van der Waals surface area (Å²) in [7, 11) is -5.08. The van der Waals surface area contributed by atoms with Crippen LogP contribution >= 0.6 is 0 Å². The van der Waals surface area contributed by atoms with Gasteiger partial charge in [-0.25, -0.2) is 4.18 Å². The third-order valence-electron chi connectivity index (χ3n) is 12.6. The molecule has 0 aliphatic carbocycles. The molecule has 1 aliphatic rings. The molecule has 1 heterocycles. The summed E-state index contributed by atoms with van der Waals surface area (Å²) in [6.07, 6.45) is 37.7. The number of hydrogen-bond acceptors (Lipinski definition) is 10. The van der Waals surface area contributed by atoms with Crippen molar-refractivity contribution in [3.63, 3.8) is 0 Å². The molecule has 0 aromatic carbocycles. The average molecular weight is 920 g/mol. The number of rotatable bonds is 45. The molecule has 0 aromatic heterocycles. The summed E-state index contributed by atoms with van der Waals surface area (Å²) in [5.41, 5.74) is 0. The third kappa shape index (κ3) is 33.9. The van der Waals surface area contributed by atoms with Crippen molar-refractivity contribution in [2.75, 3.05) is 13.2 Å². The number of nitrogens with one attached hydrogen (secondary N) is 1. The number of unbranched alkanes of at least 4 members (excludes halogenated alkanes) is 31. The van der Waals surface area contributed by atoms with E-state index in [0.29, 0.717) is 12.8 Å². The second kappa shape index (κ2) is 41.1. The molecule has 0 saturated carbocycles. The van der Waals surface area contributed by atoms with Gasteiger partial charge in [0.15, 0.2) is 6.29 Å². The van der Waals surface area contributed by atoms with Gasteiger partial charge in [0.05, 0.1) is 25.4 Å². The lowest BCUT2D eigenvalue weighted by Gasteiger charge is -2.41.